The van der Waals surface area contributed by atoms with Gasteiger partial charge in [-0.05, 0) is 50.0 Å². The highest BCUT2D eigenvalue weighted by Crippen LogP contribution is 2.27. The molecule has 0 radical (unpaired) electrons. The van der Waals surface area contributed by atoms with Gasteiger partial charge in [0.2, 0.25) is 0 Å². The van der Waals surface area contributed by atoms with Gasteiger partial charge < -0.3 is 14.7 Å². The number of methoxy groups -OCH3 is 1. The van der Waals surface area contributed by atoms with Gasteiger partial charge >= 0.3 is 0 Å². The highest BCUT2D eigenvalue weighted by Gasteiger charge is 2.21. The molecular formula is C15H22FNO2. The zero-order valence-electron chi connectivity index (χ0n) is 11.6. The van der Waals surface area contributed by atoms with Gasteiger partial charge in [-0.25, -0.2) is 4.39 Å². The van der Waals surface area contributed by atoms with Crippen molar-refractivity contribution in [1.29, 1.82) is 0 Å². The molecule has 1 fully saturated rings. The van der Waals surface area contributed by atoms with Crippen molar-refractivity contribution in [2.75, 3.05) is 26.7 Å². The molecule has 106 valence electrons. The van der Waals surface area contributed by atoms with Crippen LogP contribution in [0.15, 0.2) is 18.2 Å². The van der Waals surface area contributed by atoms with Crippen molar-refractivity contribution < 1.29 is 14.2 Å². The third-order valence-electron chi connectivity index (χ3n) is 3.86. The molecule has 0 bridgehead atoms. The topological polar surface area (TPSA) is 32.7 Å². The maximum absolute atomic E-state index is 13.3. The molecule has 1 aliphatic heterocycles. The molecule has 0 spiro atoms. The number of hydrogen-bond donors (Lipinski definition) is 1. The van der Waals surface area contributed by atoms with E-state index in [0.717, 1.165) is 31.8 Å². The third-order valence-corrected chi connectivity index (χ3v) is 3.86. The van der Waals surface area contributed by atoms with Crippen LogP contribution in [0.2, 0.25) is 0 Å². The molecule has 2 rings (SSSR count). The zero-order chi connectivity index (χ0) is 13.8. The van der Waals surface area contributed by atoms with Gasteiger partial charge in [0.1, 0.15) is 11.6 Å². The van der Waals surface area contributed by atoms with Crippen LogP contribution in [0.3, 0.4) is 0 Å². The predicted octanol–water partition coefficient (Wildman–Crippen LogP) is 2.60. The van der Waals surface area contributed by atoms with Crippen molar-refractivity contribution in [3.05, 3.63) is 29.6 Å². The smallest absolute Gasteiger partial charge is 0.124 e. The summed E-state index contributed by atoms with van der Waals surface area (Å²) in [4.78, 5) is 2.23. The molecule has 0 saturated carbocycles. The number of aliphatic hydroxyl groups is 1. The lowest BCUT2D eigenvalue weighted by Crippen LogP contribution is -2.36. The van der Waals surface area contributed by atoms with Crippen LogP contribution in [0.5, 0.6) is 5.75 Å². The summed E-state index contributed by atoms with van der Waals surface area (Å²) in [6, 6.07) is 4.26. The SMILES string of the molecule is COc1ccc(F)cc1C(O)CN1CCC(C)CC1. The van der Waals surface area contributed by atoms with Crippen LogP contribution in [0.1, 0.15) is 31.4 Å². The Hall–Kier alpha value is -1.13. The van der Waals surface area contributed by atoms with Crippen molar-refractivity contribution >= 4 is 0 Å². The highest BCUT2D eigenvalue weighted by molar-refractivity contribution is 5.35. The maximum Gasteiger partial charge on any atom is 0.124 e. The van der Waals surface area contributed by atoms with Gasteiger partial charge in [0.25, 0.3) is 0 Å². The summed E-state index contributed by atoms with van der Waals surface area (Å²) in [6.07, 6.45) is 1.61. The summed E-state index contributed by atoms with van der Waals surface area (Å²) in [5.41, 5.74) is 0.529. The second-order valence-electron chi connectivity index (χ2n) is 5.39. The summed E-state index contributed by atoms with van der Waals surface area (Å²) in [5, 5.41) is 10.3. The molecule has 0 amide bonds. The van der Waals surface area contributed by atoms with E-state index in [1.165, 1.54) is 19.2 Å². The van der Waals surface area contributed by atoms with Crippen molar-refractivity contribution in [1.82, 2.24) is 4.90 Å². The van der Waals surface area contributed by atoms with E-state index in [-0.39, 0.29) is 5.82 Å². The van der Waals surface area contributed by atoms with Gasteiger partial charge in [-0.1, -0.05) is 6.92 Å². The molecule has 19 heavy (non-hydrogen) atoms. The van der Waals surface area contributed by atoms with E-state index in [2.05, 4.69) is 11.8 Å². The Bertz CT molecular complexity index is 417. The molecule has 1 aromatic rings. The minimum atomic E-state index is -0.709. The molecule has 1 saturated heterocycles. The number of rotatable bonds is 4. The van der Waals surface area contributed by atoms with E-state index in [4.69, 9.17) is 4.74 Å². The Morgan fingerprint density at radius 1 is 1.42 bits per heavy atom. The Balaban J connectivity index is 2.03. The summed E-state index contributed by atoms with van der Waals surface area (Å²) in [6.45, 7) is 4.78. The van der Waals surface area contributed by atoms with Crippen LogP contribution in [-0.4, -0.2) is 36.8 Å². The van der Waals surface area contributed by atoms with Gasteiger partial charge in [0.05, 0.1) is 13.2 Å². The number of ether oxygens (including phenoxy) is 1. The Kier molecular flexibility index (Phi) is 4.77. The standard InChI is InChI=1S/C15H22FNO2/c1-11-5-7-17(8-6-11)10-14(18)13-9-12(16)3-4-15(13)19-2/h3-4,9,11,14,18H,5-8,10H2,1-2H3. The molecule has 1 aromatic carbocycles. The minimum Gasteiger partial charge on any atom is -0.496 e. The number of aliphatic hydroxyl groups excluding tert-OH is 1. The van der Waals surface area contributed by atoms with Gasteiger partial charge in [-0.3, -0.25) is 0 Å². The fraction of sp³-hybridized carbons (Fsp3) is 0.600. The number of likely N-dealkylation sites (tertiary alicyclic amines) is 1. The number of benzene rings is 1. The van der Waals surface area contributed by atoms with Gasteiger partial charge in [-0.15, -0.1) is 0 Å². The van der Waals surface area contributed by atoms with Crippen molar-refractivity contribution in [3.8, 4) is 5.75 Å². The fourth-order valence-electron chi connectivity index (χ4n) is 2.55. The lowest BCUT2D eigenvalue weighted by atomic mass is 9.98. The molecule has 1 atom stereocenters. The molecule has 1 aliphatic rings. The number of β-amino-alcohol motifs (C(OH)–C–C–N with tert-alkyl or cyclic N) is 1. The maximum atomic E-state index is 13.3. The van der Waals surface area contributed by atoms with Crippen LogP contribution >= 0.6 is 0 Å². The van der Waals surface area contributed by atoms with E-state index < -0.39 is 6.10 Å². The lowest BCUT2D eigenvalue weighted by molar-refractivity contribution is 0.0896. The van der Waals surface area contributed by atoms with Gasteiger partial charge in [-0.2, -0.15) is 0 Å². The van der Waals surface area contributed by atoms with Gasteiger partial charge in [0, 0.05) is 12.1 Å². The van der Waals surface area contributed by atoms with Crippen molar-refractivity contribution in [3.63, 3.8) is 0 Å². The van der Waals surface area contributed by atoms with Crippen molar-refractivity contribution in [2.24, 2.45) is 5.92 Å². The minimum absolute atomic E-state index is 0.345. The molecule has 0 aliphatic carbocycles. The second kappa shape index (κ2) is 6.35. The molecular weight excluding hydrogens is 245 g/mol. The first-order valence-corrected chi connectivity index (χ1v) is 6.84. The summed E-state index contributed by atoms with van der Waals surface area (Å²) < 4.78 is 18.5. The average Bonchev–Trinajstić information content (AvgIpc) is 2.41. The first-order valence-electron chi connectivity index (χ1n) is 6.84. The molecule has 4 heteroatoms. The Morgan fingerprint density at radius 3 is 2.74 bits per heavy atom. The van der Waals surface area contributed by atoms with Crippen LogP contribution in [0.4, 0.5) is 4.39 Å². The first-order chi connectivity index (χ1) is 9.10. The summed E-state index contributed by atoms with van der Waals surface area (Å²) in [5.74, 6) is 0.957. The number of nitrogens with zero attached hydrogens (tertiary/aromatic N) is 1. The average molecular weight is 267 g/mol. The molecule has 1 N–H and O–H groups in total. The summed E-state index contributed by atoms with van der Waals surface area (Å²) in [7, 11) is 1.53. The first kappa shape index (κ1) is 14.3. The number of hydrogen-bond acceptors (Lipinski definition) is 3. The summed E-state index contributed by atoms with van der Waals surface area (Å²) >= 11 is 0. The monoisotopic (exact) mass is 267 g/mol. The van der Waals surface area contributed by atoms with E-state index in [0.29, 0.717) is 17.9 Å². The van der Waals surface area contributed by atoms with E-state index in [9.17, 15) is 9.50 Å². The Labute approximate surface area is 114 Å². The van der Waals surface area contributed by atoms with Crippen LogP contribution in [-0.2, 0) is 0 Å². The second-order valence-corrected chi connectivity index (χ2v) is 5.39. The molecule has 0 aromatic heterocycles. The van der Waals surface area contributed by atoms with E-state index in [1.54, 1.807) is 6.07 Å². The van der Waals surface area contributed by atoms with Gasteiger partial charge in [0.15, 0.2) is 0 Å². The van der Waals surface area contributed by atoms with E-state index in [1.807, 2.05) is 0 Å². The number of halogens is 1. The number of piperidine rings is 1. The normalized spacial score (nSPS) is 19.4. The quantitative estimate of drug-likeness (QED) is 0.910. The van der Waals surface area contributed by atoms with Crippen LogP contribution < -0.4 is 4.74 Å². The molecule has 1 heterocycles. The zero-order valence-corrected chi connectivity index (χ0v) is 11.6. The van der Waals surface area contributed by atoms with Crippen LogP contribution in [0, 0.1) is 11.7 Å². The van der Waals surface area contributed by atoms with E-state index >= 15 is 0 Å². The lowest BCUT2D eigenvalue weighted by Gasteiger charge is -2.31. The van der Waals surface area contributed by atoms with Crippen molar-refractivity contribution in [2.45, 2.75) is 25.9 Å². The predicted molar refractivity (Wildman–Crippen MR) is 72.7 cm³/mol. The Morgan fingerprint density at radius 2 is 2.11 bits per heavy atom. The van der Waals surface area contributed by atoms with Crippen LogP contribution in [0.25, 0.3) is 0 Å². The largest absolute Gasteiger partial charge is 0.496 e. The highest BCUT2D eigenvalue weighted by atomic mass is 19.1. The molecule has 3 nitrogen and oxygen atoms in total. The molecule has 1 unspecified atom stereocenters. The fourth-order valence-corrected chi connectivity index (χ4v) is 2.55. The third kappa shape index (κ3) is 3.67.